The second kappa shape index (κ2) is 8.24. The van der Waals surface area contributed by atoms with Crippen LogP contribution in [-0.2, 0) is 16.0 Å². The number of hydrogen-bond acceptors (Lipinski definition) is 5. The van der Waals surface area contributed by atoms with E-state index in [1.165, 1.54) is 0 Å². The summed E-state index contributed by atoms with van der Waals surface area (Å²) in [5, 5.41) is 8.19. The van der Waals surface area contributed by atoms with Crippen LogP contribution in [0.4, 0.5) is 0 Å². The first kappa shape index (κ1) is 14.4. The number of hydrogen-bond donors (Lipinski definition) is 2. The molecular formula is C13H21N3O2S. The molecule has 0 spiro atoms. The van der Waals surface area contributed by atoms with Gasteiger partial charge in [-0.2, -0.15) is 0 Å². The Morgan fingerprint density at radius 1 is 1.53 bits per heavy atom. The Morgan fingerprint density at radius 2 is 2.37 bits per heavy atom. The summed E-state index contributed by atoms with van der Waals surface area (Å²) in [5.41, 5.74) is 2.85. The fraction of sp³-hybridized carbons (Fsp3) is 0.692. The van der Waals surface area contributed by atoms with Gasteiger partial charge in [0.05, 0.1) is 23.9 Å². The van der Waals surface area contributed by atoms with Gasteiger partial charge in [0.15, 0.2) is 0 Å². The normalized spacial score (nSPS) is 16.4. The molecule has 2 rings (SSSR count). The smallest absolute Gasteiger partial charge is 0.222 e. The second-order valence-electron chi connectivity index (χ2n) is 4.65. The van der Waals surface area contributed by atoms with E-state index in [2.05, 4.69) is 15.6 Å². The molecule has 1 saturated heterocycles. The van der Waals surface area contributed by atoms with Gasteiger partial charge in [-0.15, -0.1) is 11.3 Å². The van der Waals surface area contributed by atoms with E-state index >= 15 is 0 Å². The number of aromatic nitrogens is 1. The van der Waals surface area contributed by atoms with Gasteiger partial charge in [-0.1, -0.05) is 0 Å². The molecule has 5 nitrogen and oxygen atoms in total. The van der Waals surface area contributed by atoms with E-state index in [0.717, 1.165) is 38.0 Å². The molecule has 0 atom stereocenters. The third-order valence-corrected chi connectivity index (χ3v) is 3.79. The topological polar surface area (TPSA) is 63.2 Å². The molecule has 6 heteroatoms. The Balaban J connectivity index is 1.49. The van der Waals surface area contributed by atoms with Crippen LogP contribution in [0.5, 0.6) is 0 Å². The molecule has 1 aromatic rings. The van der Waals surface area contributed by atoms with Crippen molar-refractivity contribution in [3.63, 3.8) is 0 Å². The molecule has 0 radical (unpaired) electrons. The Hall–Kier alpha value is -0.980. The van der Waals surface area contributed by atoms with Crippen molar-refractivity contribution in [3.05, 3.63) is 16.6 Å². The fourth-order valence-electron chi connectivity index (χ4n) is 2.06. The number of nitrogens with zero attached hydrogens (tertiary/aromatic N) is 1. The standard InChI is InChI=1S/C13H21N3O2S/c17-13(15-7-1-11-9-19-10-16-11)4-8-18-12-2-5-14-6-3-12/h9-10,12,14H,1-8H2,(H,15,17). The highest BCUT2D eigenvalue weighted by atomic mass is 32.1. The molecule has 1 aromatic heterocycles. The van der Waals surface area contributed by atoms with E-state index in [4.69, 9.17) is 4.74 Å². The SMILES string of the molecule is O=C(CCOC1CCNCC1)NCCc1cscn1. The van der Waals surface area contributed by atoms with Gasteiger partial charge in [0.25, 0.3) is 0 Å². The molecule has 0 aliphatic carbocycles. The predicted molar refractivity (Wildman–Crippen MR) is 75.3 cm³/mol. The number of thiazole rings is 1. The van der Waals surface area contributed by atoms with Crippen molar-refractivity contribution in [1.29, 1.82) is 0 Å². The molecule has 0 aromatic carbocycles. The van der Waals surface area contributed by atoms with Crippen molar-refractivity contribution in [2.24, 2.45) is 0 Å². The predicted octanol–water partition coefficient (Wildman–Crippen LogP) is 0.960. The highest BCUT2D eigenvalue weighted by Gasteiger charge is 2.13. The molecule has 0 saturated carbocycles. The van der Waals surface area contributed by atoms with Crippen LogP contribution >= 0.6 is 11.3 Å². The summed E-state index contributed by atoms with van der Waals surface area (Å²) in [6.45, 7) is 3.21. The highest BCUT2D eigenvalue weighted by Crippen LogP contribution is 2.07. The molecule has 2 N–H and O–H groups in total. The highest BCUT2D eigenvalue weighted by molar-refractivity contribution is 7.07. The summed E-state index contributed by atoms with van der Waals surface area (Å²) < 4.78 is 5.69. The van der Waals surface area contributed by atoms with Crippen LogP contribution in [0.3, 0.4) is 0 Å². The minimum Gasteiger partial charge on any atom is -0.378 e. The van der Waals surface area contributed by atoms with Gasteiger partial charge in [-0.25, -0.2) is 4.98 Å². The first-order valence-electron chi connectivity index (χ1n) is 6.80. The minimum atomic E-state index is 0.0594. The quantitative estimate of drug-likeness (QED) is 0.782. The number of nitrogens with one attached hydrogen (secondary N) is 2. The Bertz CT molecular complexity index is 364. The molecule has 1 aliphatic rings. The Kier molecular flexibility index (Phi) is 6.26. The van der Waals surface area contributed by atoms with E-state index in [1.54, 1.807) is 11.3 Å². The van der Waals surface area contributed by atoms with Crippen LogP contribution in [-0.4, -0.2) is 43.2 Å². The molecule has 19 heavy (non-hydrogen) atoms. The summed E-state index contributed by atoms with van der Waals surface area (Å²) in [5.74, 6) is 0.0594. The number of amides is 1. The first-order valence-corrected chi connectivity index (χ1v) is 7.75. The van der Waals surface area contributed by atoms with Crippen LogP contribution in [0.2, 0.25) is 0 Å². The average Bonchev–Trinajstić information content (AvgIpc) is 2.93. The average molecular weight is 283 g/mol. The molecule has 106 valence electrons. The molecular weight excluding hydrogens is 262 g/mol. The molecule has 1 amide bonds. The molecule has 0 unspecified atom stereocenters. The van der Waals surface area contributed by atoms with Crippen LogP contribution in [0.25, 0.3) is 0 Å². The summed E-state index contributed by atoms with van der Waals surface area (Å²) in [6.07, 6.45) is 3.66. The molecule has 2 heterocycles. The van der Waals surface area contributed by atoms with Gasteiger partial charge in [0.2, 0.25) is 5.91 Å². The van der Waals surface area contributed by atoms with Crippen molar-refractivity contribution in [2.45, 2.75) is 31.8 Å². The zero-order valence-electron chi connectivity index (χ0n) is 11.1. The Labute approximate surface area is 117 Å². The lowest BCUT2D eigenvalue weighted by Gasteiger charge is -2.22. The van der Waals surface area contributed by atoms with E-state index in [-0.39, 0.29) is 5.91 Å². The third-order valence-electron chi connectivity index (χ3n) is 3.16. The zero-order valence-corrected chi connectivity index (χ0v) is 11.9. The molecule has 0 bridgehead atoms. The largest absolute Gasteiger partial charge is 0.378 e. The molecule has 1 aliphatic heterocycles. The number of rotatable bonds is 7. The fourth-order valence-corrected chi connectivity index (χ4v) is 2.65. The minimum absolute atomic E-state index is 0.0594. The summed E-state index contributed by atoms with van der Waals surface area (Å²) >= 11 is 1.58. The number of ether oxygens (including phenoxy) is 1. The lowest BCUT2D eigenvalue weighted by Crippen LogP contribution is -2.33. The zero-order chi connectivity index (χ0) is 13.3. The molecule has 1 fully saturated rings. The van der Waals surface area contributed by atoms with Crippen molar-refractivity contribution in [3.8, 4) is 0 Å². The lowest BCUT2D eigenvalue weighted by molar-refractivity contribution is -0.122. The summed E-state index contributed by atoms with van der Waals surface area (Å²) in [4.78, 5) is 15.8. The van der Waals surface area contributed by atoms with Gasteiger partial charge < -0.3 is 15.4 Å². The van der Waals surface area contributed by atoms with Crippen LogP contribution in [0.15, 0.2) is 10.9 Å². The third kappa shape index (κ3) is 5.67. The maximum absolute atomic E-state index is 11.6. The maximum atomic E-state index is 11.6. The number of piperidine rings is 1. The van der Waals surface area contributed by atoms with E-state index in [0.29, 0.717) is 25.7 Å². The van der Waals surface area contributed by atoms with E-state index < -0.39 is 0 Å². The lowest BCUT2D eigenvalue weighted by atomic mass is 10.1. The van der Waals surface area contributed by atoms with Crippen LogP contribution in [0, 0.1) is 0 Å². The van der Waals surface area contributed by atoms with Crippen molar-refractivity contribution >= 4 is 17.2 Å². The van der Waals surface area contributed by atoms with Crippen molar-refractivity contribution < 1.29 is 9.53 Å². The van der Waals surface area contributed by atoms with Gasteiger partial charge in [-0.3, -0.25) is 4.79 Å². The van der Waals surface area contributed by atoms with Crippen LogP contribution in [0.1, 0.15) is 25.0 Å². The maximum Gasteiger partial charge on any atom is 0.222 e. The second-order valence-corrected chi connectivity index (χ2v) is 5.37. The Morgan fingerprint density at radius 3 is 3.11 bits per heavy atom. The van der Waals surface area contributed by atoms with Crippen molar-refractivity contribution in [1.82, 2.24) is 15.6 Å². The van der Waals surface area contributed by atoms with Crippen molar-refractivity contribution in [2.75, 3.05) is 26.2 Å². The van der Waals surface area contributed by atoms with Gasteiger partial charge >= 0.3 is 0 Å². The van der Waals surface area contributed by atoms with Gasteiger partial charge in [-0.05, 0) is 25.9 Å². The summed E-state index contributed by atoms with van der Waals surface area (Å²) in [6, 6.07) is 0. The van der Waals surface area contributed by atoms with Crippen LogP contribution < -0.4 is 10.6 Å². The number of carbonyl (C=O) groups excluding carboxylic acids is 1. The van der Waals surface area contributed by atoms with E-state index in [9.17, 15) is 4.79 Å². The van der Waals surface area contributed by atoms with E-state index in [1.807, 2.05) is 10.9 Å². The number of carbonyl (C=O) groups is 1. The van der Waals surface area contributed by atoms with Gasteiger partial charge in [0.1, 0.15) is 0 Å². The summed E-state index contributed by atoms with van der Waals surface area (Å²) in [7, 11) is 0. The first-order chi connectivity index (χ1) is 9.34. The monoisotopic (exact) mass is 283 g/mol. The van der Waals surface area contributed by atoms with Gasteiger partial charge in [0, 0.05) is 24.8 Å².